The highest BCUT2D eigenvalue weighted by molar-refractivity contribution is 9.10. The summed E-state index contributed by atoms with van der Waals surface area (Å²) in [6.45, 7) is 1.60. The fourth-order valence-electron chi connectivity index (χ4n) is 4.49. The molecule has 2 saturated heterocycles. The summed E-state index contributed by atoms with van der Waals surface area (Å²) in [6, 6.07) is 7.52. The van der Waals surface area contributed by atoms with Crippen LogP contribution in [-0.4, -0.2) is 59.4 Å². The van der Waals surface area contributed by atoms with Crippen molar-refractivity contribution >= 4 is 33.8 Å². The van der Waals surface area contributed by atoms with E-state index in [-0.39, 0.29) is 36.9 Å². The van der Waals surface area contributed by atoms with Crippen LogP contribution in [0.3, 0.4) is 0 Å². The molecule has 1 atom stereocenters. The average Bonchev–Trinajstić information content (AvgIpc) is 2.96. The minimum absolute atomic E-state index is 0.0550. The summed E-state index contributed by atoms with van der Waals surface area (Å²) in [5.41, 5.74) is 0.295. The molecule has 0 bridgehead atoms. The maximum absolute atomic E-state index is 12.8. The van der Waals surface area contributed by atoms with Gasteiger partial charge in [-0.1, -0.05) is 47.3 Å². The number of amides is 4. The van der Waals surface area contributed by atoms with Gasteiger partial charge in [-0.15, -0.1) is 0 Å². The predicted molar refractivity (Wildman–Crippen MR) is 110 cm³/mol. The van der Waals surface area contributed by atoms with Gasteiger partial charge in [0.1, 0.15) is 11.6 Å². The Bertz CT molecular complexity index is 792. The largest absolute Gasteiger partial charge is 0.370 e. The number of nitrogens with zero attached hydrogens (tertiary/aromatic N) is 2. The monoisotopic (exact) mass is 463 g/mol. The maximum Gasteiger partial charge on any atom is 0.325 e. The maximum atomic E-state index is 12.8. The summed E-state index contributed by atoms with van der Waals surface area (Å²) >= 11 is 3.42. The summed E-state index contributed by atoms with van der Waals surface area (Å²) in [6.07, 6.45) is 4.36. The zero-order chi connectivity index (χ0) is 20.4. The molecule has 1 aromatic rings. The van der Waals surface area contributed by atoms with Gasteiger partial charge in [0.25, 0.3) is 5.91 Å². The highest BCUT2D eigenvalue weighted by Crippen LogP contribution is 2.33. The van der Waals surface area contributed by atoms with Gasteiger partial charge in [0, 0.05) is 24.0 Å². The standard InChI is InChI=1S/C21H26BrN3O4/c22-16-6-4-15(5-7-16)17-14-24(12-13-29-17)18(26)8-11-25-19(27)21(23-20(25)28)9-2-1-3-10-21/h4-7,17H,1-3,8-14H2,(H,23,28). The molecule has 0 aromatic heterocycles. The molecule has 1 spiro atoms. The summed E-state index contributed by atoms with van der Waals surface area (Å²) in [4.78, 5) is 41.0. The van der Waals surface area contributed by atoms with E-state index in [9.17, 15) is 14.4 Å². The molecule has 3 fully saturated rings. The zero-order valence-corrected chi connectivity index (χ0v) is 17.9. The molecule has 3 aliphatic rings. The first kappa shape index (κ1) is 20.3. The number of nitrogens with one attached hydrogen (secondary N) is 1. The molecular weight excluding hydrogens is 438 g/mol. The van der Waals surface area contributed by atoms with Crippen molar-refractivity contribution in [1.82, 2.24) is 15.1 Å². The van der Waals surface area contributed by atoms with Crippen molar-refractivity contribution in [2.75, 3.05) is 26.2 Å². The number of halogens is 1. The number of urea groups is 1. The van der Waals surface area contributed by atoms with Crippen molar-refractivity contribution in [3.8, 4) is 0 Å². The van der Waals surface area contributed by atoms with E-state index in [1.54, 1.807) is 4.90 Å². The zero-order valence-electron chi connectivity index (χ0n) is 16.4. The average molecular weight is 464 g/mol. The summed E-state index contributed by atoms with van der Waals surface area (Å²) in [5, 5.41) is 2.89. The molecule has 1 saturated carbocycles. The number of hydrogen-bond acceptors (Lipinski definition) is 4. The van der Waals surface area contributed by atoms with Gasteiger partial charge >= 0.3 is 6.03 Å². The predicted octanol–water partition coefficient (Wildman–Crippen LogP) is 2.99. The van der Waals surface area contributed by atoms with Gasteiger partial charge in [-0.25, -0.2) is 4.79 Å². The first-order chi connectivity index (χ1) is 14.0. The lowest BCUT2D eigenvalue weighted by atomic mass is 9.82. The van der Waals surface area contributed by atoms with Gasteiger partial charge in [-0.05, 0) is 30.5 Å². The number of ether oxygens (including phenoxy) is 1. The minimum atomic E-state index is -0.732. The first-order valence-electron chi connectivity index (χ1n) is 10.3. The lowest BCUT2D eigenvalue weighted by Gasteiger charge is -2.33. The van der Waals surface area contributed by atoms with E-state index >= 15 is 0 Å². The lowest BCUT2D eigenvalue weighted by Crippen LogP contribution is -2.48. The lowest BCUT2D eigenvalue weighted by molar-refractivity contribution is -0.140. The Balaban J connectivity index is 1.34. The van der Waals surface area contributed by atoms with Crippen LogP contribution in [0.4, 0.5) is 4.79 Å². The molecule has 1 unspecified atom stereocenters. The second kappa shape index (κ2) is 8.44. The number of hydrogen-bond donors (Lipinski definition) is 1. The normalized spacial score (nSPS) is 24.1. The number of morpholine rings is 1. The fourth-order valence-corrected chi connectivity index (χ4v) is 4.76. The van der Waals surface area contributed by atoms with Crippen LogP contribution in [0.25, 0.3) is 0 Å². The fraction of sp³-hybridized carbons (Fsp3) is 0.571. The molecule has 1 aliphatic carbocycles. The van der Waals surface area contributed by atoms with Crippen molar-refractivity contribution < 1.29 is 19.1 Å². The number of rotatable bonds is 4. The second-order valence-electron chi connectivity index (χ2n) is 8.03. The Labute approximate surface area is 178 Å². The smallest absolute Gasteiger partial charge is 0.325 e. The third-order valence-corrected chi connectivity index (χ3v) is 6.69. The van der Waals surface area contributed by atoms with E-state index in [4.69, 9.17) is 4.74 Å². The Kier molecular flexibility index (Phi) is 5.92. The van der Waals surface area contributed by atoms with Gasteiger partial charge in [-0.2, -0.15) is 0 Å². The van der Waals surface area contributed by atoms with Crippen LogP contribution < -0.4 is 5.32 Å². The van der Waals surface area contributed by atoms with Crippen LogP contribution in [0, 0.1) is 0 Å². The molecule has 29 heavy (non-hydrogen) atoms. The van der Waals surface area contributed by atoms with Gasteiger partial charge < -0.3 is 15.0 Å². The Hall–Kier alpha value is -1.93. The highest BCUT2D eigenvalue weighted by Gasteiger charge is 2.51. The van der Waals surface area contributed by atoms with Gasteiger partial charge in [0.05, 0.1) is 13.2 Å². The SMILES string of the molecule is O=C(CCN1C(=O)NC2(CCCCC2)C1=O)N1CCOC(c2ccc(Br)cc2)C1. The third-order valence-electron chi connectivity index (χ3n) is 6.16. The summed E-state index contributed by atoms with van der Waals surface area (Å²) in [5.74, 6) is -0.217. The Morgan fingerprint density at radius 1 is 1.17 bits per heavy atom. The van der Waals surface area contributed by atoms with E-state index in [2.05, 4.69) is 21.2 Å². The third kappa shape index (κ3) is 4.19. The number of carbonyl (C=O) groups is 3. The molecule has 1 aromatic carbocycles. The van der Waals surface area contributed by atoms with Crippen LogP contribution in [-0.2, 0) is 14.3 Å². The van der Waals surface area contributed by atoms with Gasteiger partial charge in [0.15, 0.2) is 0 Å². The number of imide groups is 1. The molecular formula is C21H26BrN3O4. The first-order valence-corrected chi connectivity index (χ1v) is 11.1. The van der Waals surface area contributed by atoms with E-state index in [1.165, 1.54) is 4.90 Å². The van der Waals surface area contributed by atoms with Crippen molar-refractivity contribution in [2.24, 2.45) is 0 Å². The number of benzene rings is 1. The van der Waals surface area contributed by atoms with Gasteiger partial charge in [0.2, 0.25) is 5.91 Å². The van der Waals surface area contributed by atoms with E-state index < -0.39 is 5.54 Å². The molecule has 4 amide bonds. The molecule has 2 heterocycles. The van der Waals surface area contributed by atoms with Gasteiger partial charge in [-0.3, -0.25) is 14.5 Å². The Morgan fingerprint density at radius 2 is 1.90 bits per heavy atom. The van der Waals surface area contributed by atoms with Crippen molar-refractivity contribution in [3.05, 3.63) is 34.3 Å². The van der Waals surface area contributed by atoms with Crippen LogP contribution in [0.2, 0.25) is 0 Å². The van der Waals surface area contributed by atoms with Crippen LogP contribution in [0.15, 0.2) is 28.7 Å². The van der Waals surface area contributed by atoms with E-state index in [0.717, 1.165) is 29.3 Å². The topological polar surface area (TPSA) is 79.0 Å². The molecule has 156 valence electrons. The van der Waals surface area contributed by atoms with Crippen molar-refractivity contribution in [1.29, 1.82) is 0 Å². The van der Waals surface area contributed by atoms with Crippen molar-refractivity contribution in [3.63, 3.8) is 0 Å². The summed E-state index contributed by atoms with van der Waals surface area (Å²) in [7, 11) is 0. The molecule has 1 N–H and O–H groups in total. The quantitative estimate of drug-likeness (QED) is 0.696. The molecule has 4 rings (SSSR count). The molecule has 2 aliphatic heterocycles. The van der Waals surface area contributed by atoms with Crippen LogP contribution in [0.5, 0.6) is 0 Å². The Morgan fingerprint density at radius 3 is 2.62 bits per heavy atom. The summed E-state index contributed by atoms with van der Waals surface area (Å²) < 4.78 is 6.83. The molecule has 8 heteroatoms. The number of carbonyl (C=O) groups excluding carboxylic acids is 3. The highest BCUT2D eigenvalue weighted by atomic mass is 79.9. The van der Waals surface area contributed by atoms with E-state index in [1.807, 2.05) is 24.3 Å². The van der Waals surface area contributed by atoms with Crippen LogP contribution in [0.1, 0.15) is 50.2 Å². The molecule has 7 nitrogen and oxygen atoms in total. The second-order valence-corrected chi connectivity index (χ2v) is 8.95. The van der Waals surface area contributed by atoms with E-state index in [0.29, 0.717) is 32.5 Å². The minimum Gasteiger partial charge on any atom is -0.370 e. The van der Waals surface area contributed by atoms with Crippen molar-refractivity contribution in [2.45, 2.75) is 50.2 Å². The van der Waals surface area contributed by atoms with Crippen LogP contribution >= 0.6 is 15.9 Å². The molecule has 0 radical (unpaired) electrons.